The number of carbonyl (C=O) groups excluding carboxylic acids is 4. The molecule has 0 bridgehead atoms. The summed E-state index contributed by atoms with van der Waals surface area (Å²) in [6.45, 7) is 7.15. The summed E-state index contributed by atoms with van der Waals surface area (Å²) in [6, 6.07) is 0. The summed E-state index contributed by atoms with van der Waals surface area (Å²) in [7, 11) is 3.99. The molecule has 380 valence electrons. The Labute approximate surface area is 404 Å². The van der Waals surface area contributed by atoms with Crippen molar-refractivity contribution in [1.29, 1.82) is 0 Å². The minimum atomic E-state index is -0.868. The first-order chi connectivity index (χ1) is 32.2. The molecular formula is C57H99NO8. The quantitative estimate of drug-likeness (QED) is 0.0255. The Morgan fingerprint density at radius 3 is 1.48 bits per heavy atom. The van der Waals surface area contributed by atoms with E-state index in [1.54, 1.807) is 0 Å². The third-order valence-electron chi connectivity index (χ3n) is 12.6. The first-order valence-electron chi connectivity index (χ1n) is 27.1. The maximum Gasteiger partial charge on any atom is 0.306 e. The molecule has 0 aliphatic heterocycles. The van der Waals surface area contributed by atoms with Gasteiger partial charge in [-0.1, -0.05) is 153 Å². The Morgan fingerprint density at radius 1 is 0.500 bits per heavy atom. The molecule has 0 saturated heterocycles. The van der Waals surface area contributed by atoms with Gasteiger partial charge in [0.2, 0.25) is 0 Å². The molecule has 0 aromatic rings. The van der Waals surface area contributed by atoms with E-state index in [0.717, 1.165) is 141 Å². The molecule has 1 saturated carbocycles. The Hall–Kier alpha value is -3.20. The van der Waals surface area contributed by atoms with E-state index in [0.29, 0.717) is 12.8 Å². The fraction of sp³-hybridized carbons (Fsp3) is 0.789. The molecule has 0 radical (unpaired) electrons. The van der Waals surface area contributed by atoms with Crippen molar-refractivity contribution in [2.75, 3.05) is 33.9 Å². The minimum absolute atomic E-state index is 0.0508. The molecule has 0 spiro atoms. The highest BCUT2D eigenvalue weighted by atomic mass is 16.6. The van der Waals surface area contributed by atoms with E-state index in [1.165, 1.54) is 51.4 Å². The van der Waals surface area contributed by atoms with E-state index in [-0.39, 0.29) is 67.9 Å². The predicted molar refractivity (Wildman–Crippen MR) is 273 cm³/mol. The Morgan fingerprint density at radius 2 is 0.955 bits per heavy atom. The molecule has 0 heterocycles. The van der Waals surface area contributed by atoms with E-state index >= 15 is 0 Å². The van der Waals surface area contributed by atoms with Gasteiger partial charge in [-0.2, -0.15) is 0 Å². The number of nitrogens with zero attached hydrogens (tertiary/aromatic N) is 1. The molecule has 0 aromatic heterocycles. The average Bonchev–Trinajstić information content (AvgIpc) is 3.66. The summed E-state index contributed by atoms with van der Waals surface area (Å²) in [5.41, 5.74) is 0. The van der Waals surface area contributed by atoms with Crippen LogP contribution in [0.25, 0.3) is 0 Å². The summed E-state index contributed by atoms with van der Waals surface area (Å²) < 4.78 is 23.1. The molecule has 9 nitrogen and oxygen atoms in total. The molecule has 4 unspecified atom stereocenters. The highest BCUT2D eigenvalue weighted by Gasteiger charge is 2.39. The van der Waals surface area contributed by atoms with Crippen molar-refractivity contribution in [1.82, 2.24) is 4.90 Å². The zero-order chi connectivity index (χ0) is 48.1. The molecule has 1 aliphatic carbocycles. The molecule has 4 atom stereocenters. The summed E-state index contributed by atoms with van der Waals surface area (Å²) >= 11 is 0. The highest BCUT2D eigenvalue weighted by molar-refractivity contribution is 5.71. The fourth-order valence-corrected chi connectivity index (χ4v) is 8.57. The van der Waals surface area contributed by atoms with E-state index in [9.17, 15) is 19.2 Å². The maximum absolute atomic E-state index is 13.3. The molecule has 1 aliphatic rings. The van der Waals surface area contributed by atoms with Gasteiger partial charge in [0.05, 0.1) is 0 Å². The number of esters is 4. The van der Waals surface area contributed by atoms with Crippen LogP contribution in [0.1, 0.15) is 233 Å². The van der Waals surface area contributed by atoms with Crippen LogP contribution in [-0.2, 0) is 38.1 Å². The number of hydrogen-bond donors (Lipinski definition) is 0. The lowest BCUT2D eigenvalue weighted by atomic mass is 9.87. The van der Waals surface area contributed by atoms with Gasteiger partial charge in [0.15, 0.2) is 6.10 Å². The standard InChI is InChI=1S/C57H99NO8/c1-6-9-12-14-16-18-20-22-24-26-28-30-32-34-37-41-54(59)63-48-51(65-55(60)42-38-35-33-31-29-27-25-23-21-19-17-15-13-10-7-2)49-64-57(62)47-50-44-45-53(52(50)40-36-11-8-3)66-56(61)43-39-46-58(4)5/h16-19,22-25,50-53H,6-15,20-21,26-49H2,1-5H3/b18-16-,19-17-,24-22-,25-23-. The van der Waals surface area contributed by atoms with E-state index in [2.05, 4.69) is 74.3 Å². The van der Waals surface area contributed by atoms with Gasteiger partial charge < -0.3 is 23.8 Å². The first-order valence-corrected chi connectivity index (χ1v) is 27.1. The second-order valence-corrected chi connectivity index (χ2v) is 19.1. The Kier molecular flexibility index (Phi) is 40.8. The molecular weight excluding hydrogens is 827 g/mol. The lowest BCUT2D eigenvalue weighted by Gasteiger charge is -2.25. The summed E-state index contributed by atoms with van der Waals surface area (Å²) in [6.07, 6.45) is 48.9. The topological polar surface area (TPSA) is 108 Å². The third kappa shape index (κ3) is 36.9. The van der Waals surface area contributed by atoms with Crippen LogP contribution in [0.3, 0.4) is 0 Å². The number of allylic oxidation sites excluding steroid dienone is 8. The van der Waals surface area contributed by atoms with Crippen LogP contribution >= 0.6 is 0 Å². The van der Waals surface area contributed by atoms with Crippen LogP contribution in [0.4, 0.5) is 0 Å². The number of hydrogen-bond acceptors (Lipinski definition) is 9. The van der Waals surface area contributed by atoms with Crippen molar-refractivity contribution in [3.63, 3.8) is 0 Å². The third-order valence-corrected chi connectivity index (χ3v) is 12.6. The molecule has 0 N–H and O–H groups in total. The Bertz CT molecular complexity index is 1320. The van der Waals surface area contributed by atoms with Crippen molar-refractivity contribution in [3.05, 3.63) is 48.6 Å². The second-order valence-electron chi connectivity index (χ2n) is 19.1. The van der Waals surface area contributed by atoms with Crippen LogP contribution in [0, 0.1) is 11.8 Å². The first kappa shape index (κ1) is 60.8. The van der Waals surface area contributed by atoms with Crippen LogP contribution in [0.15, 0.2) is 48.6 Å². The van der Waals surface area contributed by atoms with Crippen LogP contribution < -0.4 is 0 Å². The smallest absolute Gasteiger partial charge is 0.306 e. The molecule has 9 heteroatoms. The monoisotopic (exact) mass is 926 g/mol. The van der Waals surface area contributed by atoms with Gasteiger partial charge in [0, 0.05) is 25.7 Å². The summed E-state index contributed by atoms with van der Waals surface area (Å²) in [5.74, 6) is -1.08. The summed E-state index contributed by atoms with van der Waals surface area (Å²) in [4.78, 5) is 53.9. The lowest BCUT2D eigenvalue weighted by Crippen LogP contribution is -2.31. The number of rotatable bonds is 44. The molecule has 1 rings (SSSR count). The zero-order valence-corrected chi connectivity index (χ0v) is 43.1. The number of carbonyl (C=O) groups is 4. The van der Waals surface area contributed by atoms with Crippen molar-refractivity contribution < 1.29 is 38.1 Å². The van der Waals surface area contributed by atoms with Gasteiger partial charge >= 0.3 is 23.9 Å². The highest BCUT2D eigenvalue weighted by Crippen LogP contribution is 2.40. The van der Waals surface area contributed by atoms with Gasteiger partial charge in [-0.3, -0.25) is 19.2 Å². The van der Waals surface area contributed by atoms with E-state index < -0.39 is 6.10 Å². The van der Waals surface area contributed by atoms with Crippen LogP contribution in [0.5, 0.6) is 0 Å². The van der Waals surface area contributed by atoms with Crippen molar-refractivity contribution >= 4 is 23.9 Å². The zero-order valence-electron chi connectivity index (χ0n) is 43.1. The van der Waals surface area contributed by atoms with E-state index in [4.69, 9.17) is 18.9 Å². The number of ether oxygens (including phenoxy) is 4. The van der Waals surface area contributed by atoms with Crippen LogP contribution in [0.2, 0.25) is 0 Å². The van der Waals surface area contributed by atoms with Gasteiger partial charge in [-0.15, -0.1) is 0 Å². The van der Waals surface area contributed by atoms with Crippen molar-refractivity contribution in [3.8, 4) is 0 Å². The van der Waals surface area contributed by atoms with Crippen molar-refractivity contribution in [2.24, 2.45) is 11.8 Å². The molecule has 66 heavy (non-hydrogen) atoms. The van der Waals surface area contributed by atoms with Gasteiger partial charge in [-0.25, -0.2) is 0 Å². The van der Waals surface area contributed by atoms with Crippen LogP contribution in [-0.4, -0.2) is 74.8 Å². The number of unbranched alkanes of at least 4 members (excludes halogenated alkanes) is 18. The largest absolute Gasteiger partial charge is 0.462 e. The second kappa shape index (κ2) is 44.3. The van der Waals surface area contributed by atoms with Gasteiger partial charge in [0.25, 0.3) is 0 Å². The van der Waals surface area contributed by atoms with Crippen molar-refractivity contribution in [2.45, 2.75) is 245 Å². The molecule has 0 amide bonds. The minimum Gasteiger partial charge on any atom is -0.462 e. The molecule has 0 aromatic carbocycles. The predicted octanol–water partition coefficient (Wildman–Crippen LogP) is 14.9. The van der Waals surface area contributed by atoms with E-state index in [1.807, 2.05) is 14.1 Å². The average molecular weight is 926 g/mol. The van der Waals surface area contributed by atoms with Gasteiger partial charge in [0.1, 0.15) is 19.3 Å². The molecule has 1 fully saturated rings. The maximum atomic E-state index is 13.3. The SMILES string of the molecule is CCCCC/C=C\C/C=C\CCCCCCCC(=O)OCC(COC(=O)CC1CCC(OC(=O)CCCN(C)C)C1CCCCC)OC(=O)CCCCCCC/C=C\C/C=C\CCCCC. The summed E-state index contributed by atoms with van der Waals surface area (Å²) in [5, 5.41) is 0. The normalized spacial score (nSPS) is 16.9. The lowest BCUT2D eigenvalue weighted by molar-refractivity contribution is -0.167. The van der Waals surface area contributed by atoms with Gasteiger partial charge in [-0.05, 0) is 135 Å². The fourth-order valence-electron chi connectivity index (χ4n) is 8.57. The Balaban J connectivity index is 2.60.